The summed E-state index contributed by atoms with van der Waals surface area (Å²) in [5, 5.41) is 9.31. The van der Waals surface area contributed by atoms with Gasteiger partial charge in [-0.3, -0.25) is 18.3 Å². The van der Waals surface area contributed by atoms with E-state index in [0.717, 1.165) is 104 Å². The first kappa shape index (κ1) is 76.4. The molecule has 7 heterocycles. The Labute approximate surface area is 723 Å². The van der Waals surface area contributed by atoms with E-state index in [2.05, 4.69) is 432 Å². The van der Waals surface area contributed by atoms with E-state index in [9.17, 15) is 0 Å². The van der Waals surface area contributed by atoms with Gasteiger partial charge in [0.25, 0.3) is 0 Å². The fourth-order valence-corrected chi connectivity index (χ4v) is 18.8. The molecular weight excluding hydrogens is 1540 g/mol. The number of benzene rings is 16. The van der Waals surface area contributed by atoms with E-state index in [1.54, 1.807) is 0 Å². The number of hydrogen-bond donors (Lipinski definition) is 0. The van der Waals surface area contributed by atoms with Crippen LogP contribution in [0.1, 0.15) is 72.2 Å². The van der Waals surface area contributed by atoms with Gasteiger partial charge in [0.15, 0.2) is 5.82 Å². The topological polar surface area (TPSA) is 116 Å². The lowest BCUT2D eigenvalue weighted by Gasteiger charge is -2.37. The summed E-state index contributed by atoms with van der Waals surface area (Å²) >= 11 is 6.50. The average Bonchev–Trinajstić information content (AvgIpc) is 0.993. The number of halogens is 1. The highest BCUT2D eigenvalue weighted by Gasteiger charge is 2.52. The van der Waals surface area contributed by atoms with Gasteiger partial charge in [0.1, 0.15) is 0 Å². The molecule has 1 saturated heterocycles. The molecule has 0 radical (unpaired) electrons. The molecule has 124 heavy (non-hydrogen) atoms. The summed E-state index contributed by atoms with van der Waals surface area (Å²) in [4.78, 5) is 30.1. The molecule has 0 saturated carbocycles. The highest BCUT2D eigenvalue weighted by atomic mass is 35.5. The smallest absolute Gasteiger partial charge is 0.399 e. The molecule has 0 atom stereocenters. The lowest BCUT2D eigenvalue weighted by Crippen LogP contribution is -2.41. The predicted octanol–water partition coefficient (Wildman–Crippen LogP) is 25.2. The highest BCUT2D eigenvalue weighted by Crippen LogP contribution is 2.49. The number of rotatable bonds is 14. The van der Waals surface area contributed by atoms with Crippen molar-refractivity contribution in [3.05, 3.63) is 474 Å². The van der Waals surface area contributed by atoms with Crippen molar-refractivity contribution in [1.82, 2.24) is 48.2 Å². The van der Waals surface area contributed by atoms with Gasteiger partial charge in [-0.25, -0.2) is 0 Å². The molecule has 14 heteroatoms. The molecule has 22 aromatic rings. The zero-order valence-corrected chi connectivity index (χ0v) is 69.4. The van der Waals surface area contributed by atoms with Gasteiger partial charge in [0.2, 0.25) is 29.1 Å². The molecule has 594 valence electrons. The Kier molecular flexibility index (Phi) is 19.4. The Morgan fingerprint density at radius 1 is 0.234 bits per heavy atom. The Morgan fingerprint density at radius 2 is 0.452 bits per heavy atom. The van der Waals surface area contributed by atoms with E-state index < -0.39 is 17.9 Å². The molecule has 0 unspecified atom stereocenters. The third-order valence-corrected chi connectivity index (χ3v) is 25.1. The molecule has 16 aromatic carbocycles. The maximum Gasteiger partial charge on any atom is 0.494 e. The fourth-order valence-electron chi connectivity index (χ4n) is 18.7. The van der Waals surface area contributed by atoms with Gasteiger partial charge in [-0.05, 0) is 144 Å². The molecule has 0 bridgehead atoms. The summed E-state index contributed by atoms with van der Waals surface area (Å²) in [7, 11) is -0.412. The number of nitrogens with zero attached hydrogens (tertiary/aromatic N) is 10. The third kappa shape index (κ3) is 13.0. The molecule has 6 aromatic heterocycles. The molecule has 0 spiro atoms. The quantitative estimate of drug-likeness (QED) is 0.0781. The molecule has 0 aliphatic carbocycles. The van der Waals surface area contributed by atoms with Crippen molar-refractivity contribution in [2.75, 3.05) is 0 Å². The summed E-state index contributed by atoms with van der Waals surface area (Å²) in [6.45, 7) is 8.39. The van der Waals surface area contributed by atoms with Crippen LogP contribution in [-0.4, -0.2) is 66.5 Å². The van der Waals surface area contributed by atoms with Crippen LogP contribution in [0.5, 0.6) is 0 Å². The largest absolute Gasteiger partial charge is 0.494 e. The van der Waals surface area contributed by atoms with E-state index in [4.69, 9.17) is 40.8 Å². The SMILES string of the molecule is CC1(C)OB(c2cccc(C(c3ccccc3)(c3ccccc3)c3ccccc3)c2)OC1(C)C.Clc1nc(-n2c3ccccc3c3ccccc32)nc(-n2c3ccccc3c3ccccc32)n1.c1ccc(C(c2ccccc2)(c2ccccc2)c2cccc(-c3nc(-n4c5ccccc5c5ccccc54)nc(-n4c5ccccc5c5ccccc54)n3)c2)cc1. The zero-order chi connectivity index (χ0) is 83.5. The molecule has 0 N–H and O–H groups in total. The highest BCUT2D eigenvalue weighted by molar-refractivity contribution is 6.62. The van der Waals surface area contributed by atoms with Crippen LogP contribution in [0.15, 0.2) is 425 Å². The van der Waals surface area contributed by atoms with Crippen LogP contribution in [0.4, 0.5) is 0 Å². The lowest BCUT2D eigenvalue weighted by atomic mass is 9.64. The summed E-state index contributed by atoms with van der Waals surface area (Å²) in [5.41, 5.74) is 17.8. The van der Waals surface area contributed by atoms with Crippen LogP contribution in [0.25, 0.3) is 122 Å². The first-order valence-electron chi connectivity index (χ1n) is 41.9. The minimum Gasteiger partial charge on any atom is -0.399 e. The van der Waals surface area contributed by atoms with Crippen LogP contribution < -0.4 is 5.46 Å². The van der Waals surface area contributed by atoms with Gasteiger partial charge in [0, 0.05) is 48.7 Å². The van der Waals surface area contributed by atoms with E-state index in [-0.39, 0.29) is 16.5 Å². The van der Waals surface area contributed by atoms with E-state index in [1.807, 2.05) is 48.5 Å². The second-order valence-corrected chi connectivity index (χ2v) is 32.8. The maximum atomic E-state index is 6.50. The van der Waals surface area contributed by atoms with Gasteiger partial charge >= 0.3 is 7.12 Å². The van der Waals surface area contributed by atoms with Crippen molar-refractivity contribution < 1.29 is 9.31 Å². The fraction of sp³-hybridized carbons (Fsp3) is 0.0727. The van der Waals surface area contributed by atoms with Crippen molar-refractivity contribution in [2.24, 2.45) is 0 Å². The summed E-state index contributed by atoms with van der Waals surface area (Å²) in [6, 6.07) is 149. The molecule has 1 aliphatic heterocycles. The number of hydrogen-bond acceptors (Lipinski definition) is 8. The zero-order valence-electron chi connectivity index (χ0n) is 68.7. The van der Waals surface area contributed by atoms with Gasteiger partial charge in [-0.2, -0.15) is 29.9 Å². The number of para-hydroxylation sites is 8. The Morgan fingerprint density at radius 3 is 0.718 bits per heavy atom. The van der Waals surface area contributed by atoms with Crippen molar-refractivity contribution in [3.63, 3.8) is 0 Å². The van der Waals surface area contributed by atoms with Gasteiger partial charge < -0.3 is 9.31 Å². The number of fused-ring (bicyclic) bond motifs is 12. The monoisotopic (exact) mass is 1620 g/mol. The van der Waals surface area contributed by atoms with E-state index >= 15 is 0 Å². The minimum atomic E-state index is -0.627. The first-order valence-corrected chi connectivity index (χ1v) is 42.3. The average molecular weight is 1620 g/mol. The Bertz CT molecular complexity index is 7040. The summed E-state index contributed by atoms with van der Waals surface area (Å²) in [5.74, 6) is 2.68. The van der Waals surface area contributed by atoms with E-state index in [0.29, 0.717) is 29.6 Å². The van der Waals surface area contributed by atoms with Crippen LogP contribution in [-0.2, 0) is 20.1 Å². The molecule has 1 aliphatic rings. The molecule has 23 rings (SSSR count). The van der Waals surface area contributed by atoms with E-state index in [1.165, 1.54) is 38.9 Å². The van der Waals surface area contributed by atoms with Crippen molar-refractivity contribution in [3.8, 4) is 35.2 Å². The normalized spacial score (nSPS) is 13.2. The van der Waals surface area contributed by atoms with Crippen molar-refractivity contribution in [1.29, 1.82) is 0 Å². The molecule has 0 amide bonds. The second kappa shape index (κ2) is 31.5. The Hall–Kier alpha value is -15.0. The summed E-state index contributed by atoms with van der Waals surface area (Å²) < 4.78 is 21.3. The predicted molar refractivity (Wildman–Crippen MR) is 506 cm³/mol. The van der Waals surface area contributed by atoms with Crippen molar-refractivity contribution >= 4 is 111 Å². The van der Waals surface area contributed by atoms with Crippen molar-refractivity contribution in [2.45, 2.75) is 49.7 Å². The lowest BCUT2D eigenvalue weighted by molar-refractivity contribution is 0.00578. The second-order valence-electron chi connectivity index (χ2n) is 32.4. The Balaban J connectivity index is 0.000000121. The minimum absolute atomic E-state index is 0.152. The van der Waals surface area contributed by atoms with Crippen LogP contribution in [0.3, 0.4) is 0 Å². The first-order chi connectivity index (χ1) is 60.9. The third-order valence-electron chi connectivity index (χ3n) is 25.0. The molecular formula is C110H82BClN10O2. The summed E-state index contributed by atoms with van der Waals surface area (Å²) in [6.07, 6.45) is 0. The molecule has 12 nitrogen and oxygen atoms in total. The number of aromatic nitrogens is 10. The van der Waals surface area contributed by atoms with Gasteiger partial charge in [-0.1, -0.05) is 370 Å². The molecule has 1 fully saturated rings. The maximum absolute atomic E-state index is 6.50. The van der Waals surface area contributed by atoms with Gasteiger partial charge in [0.05, 0.1) is 66.2 Å². The van der Waals surface area contributed by atoms with Crippen LogP contribution in [0.2, 0.25) is 5.28 Å². The van der Waals surface area contributed by atoms with Gasteiger partial charge in [-0.15, -0.1) is 0 Å². The van der Waals surface area contributed by atoms with Crippen LogP contribution >= 0.6 is 11.6 Å². The standard InChI is InChI=1S/C52H35N5.C31H31BO2.C27H16ClN5/c1-4-20-37(21-5-1)52(38-22-6-2-7-23-38,39-24-8-3-9-25-39)40-26-18-19-36(35-40)49-53-50(56-45-31-14-10-27-41(45)42-28-11-15-32-46(42)56)55-51(54-49)57-47-33-16-12-29-43(47)44-30-13-17-34-48(44)57;1-29(2)30(3,4)34-32(33-29)28-22-14-21-27(23-28)31(24-15-8-5-9-16-24,25-17-10-6-11-18-25)26-19-12-7-13-20-26;28-25-29-26(32-21-13-5-1-9-17(21)18-10-2-6-14-22(18)32)31-27(30-25)33-23-15-7-3-11-19(23)20-12-4-8-16-24(20)33/h1-35H;5-23H,1-4H3;1-16H. The van der Waals surface area contributed by atoms with Crippen LogP contribution in [0, 0.1) is 0 Å².